The van der Waals surface area contributed by atoms with E-state index >= 15 is 0 Å². The molecule has 3 amide bonds. The molecule has 1 aromatic heterocycles. The fourth-order valence-electron chi connectivity index (χ4n) is 8.45. The van der Waals surface area contributed by atoms with Crippen molar-refractivity contribution in [3.63, 3.8) is 0 Å². The van der Waals surface area contributed by atoms with Crippen molar-refractivity contribution in [1.29, 1.82) is 0 Å². The number of amides is 3. The Bertz CT molecular complexity index is 2100. The van der Waals surface area contributed by atoms with Crippen LogP contribution in [0.3, 0.4) is 0 Å². The lowest BCUT2D eigenvalue weighted by Crippen LogP contribution is -2.42. The minimum absolute atomic E-state index is 0.195. The molecule has 2 saturated carbocycles. The van der Waals surface area contributed by atoms with E-state index in [4.69, 9.17) is 4.74 Å². The topological polar surface area (TPSA) is 109 Å². The average molecular weight is 771 g/mol. The van der Waals surface area contributed by atoms with E-state index in [1.165, 1.54) is 30.0 Å². The van der Waals surface area contributed by atoms with Crippen molar-refractivity contribution in [2.24, 2.45) is 29.6 Å². The van der Waals surface area contributed by atoms with Crippen molar-refractivity contribution >= 4 is 68.1 Å². The molecule has 7 atom stereocenters. The quantitative estimate of drug-likeness (QED) is 0.201. The van der Waals surface area contributed by atoms with Crippen LogP contribution in [0.2, 0.25) is 0 Å². The van der Waals surface area contributed by atoms with Crippen LogP contribution in [0, 0.1) is 36.5 Å². The first-order chi connectivity index (χ1) is 23.4. The molecular formula is C35H27BrF3N3O5S2. The van der Waals surface area contributed by atoms with Gasteiger partial charge in [-0.05, 0) is 73.1 Å². The molecule has 4 aromatic rings. The monoisotopic (exact) mass is 769 g/mol. The lowest BCUT2D eigenvalue weighted by Gasteiger charge is -2.43. The van der Waals surface area contributed by atoms with Crippen molar-refractivity contribution in [2.75, 3.05) is 16.8 Å². The number of para-hydroxylation sites is 2. The minimum atomic E-state index is -4.75. The number of hydrogen-bond donors (Lipinski definition) is 2. The van der Waals surface area contributed by atoms with Crippen LogP contribution in [0.1, 0.15) is 33.9 Å². The number of ether oxygens (including phenoxy) is 1. The third-order valence-electron chi connectivity index (χ3n) is 10.3. The van der Waals surface area contributed by atoms with Crippen LogP contribution in [-0.2, 0) is 20.6 Å². The molecule has 2 aliphatic heterocycles. The highest BCUT2D eigenvalue weighted by Crippen LogP contribution is 2.69. The van der Waals surface area contributed by atoms with Gasteiger partial charge in [0.1, 0.15) is 5.75 Å². The number of thiazole rings is 1. The standard InChI is InChI=1S/C35H27BrF3N3O5S2/c1-15-6-2-4-8-21(15)40-24(43)14-47-23-11-10-16(36)12-17(23)25-26-18-13-19(29(26)48-31-30(25)49-34(46)41-31)28-27(18)32(44)42(33(28)45)22-9-5-3-7-20(22)35(37,38)39/h2-12,18-19,25-29H,13-14H2,1H3,(H,40,43)(H,41,46)/t18-,19-,25+,26-,27+,28+,29-/m1/s1. The van der Waals surface area contributed by atoms with Gasteiger partial charge in [0.05, 0.1) is 28.1 Å². The summed E-state index contributed by atoms with van der Waals surface area (Å²) in [5.74, 6) is -4.00. The summed E-state index contributed by atoms with van der Waals surface area (Å²) in [6.07, 6.45) is -4.19. The Morgan fingerprint density at radius 3 is 2.49 bits per heavy atom. The molecule has 2 bridgehead atoms. The lowest BCUT2D eigenvalue weighted by molar-refractivity contribution is -0.137. The van der Waals surface area contributed by atoms with E-state index < -0.39 is 47.0 Å². The second-order valence-corrected chi connectivity index (χ2v) is 15.9. The highest BCUT2D eigenvalue weighted by molar-refractivity contribution is 9.10. The van der Waals surface area contributed by atoms with Crippen LogP contribution >= 0.6 is 39.0 Å². The van der Waals surface area contributed by atoms with Crippen LogP contribution in [0.5, 0.6) is 5.75 Å². The average Bonchev–Trinajstić information content (AvgIpc) is 3.80. The zero-order valence-corrected chi connectivity index (χ0v) is 28.8. The number of fused-ring (bicyclic) bond motifs is 9. The number of H-pyrrole nitrogens is 1. The van der Waals surface area contributed by atoms with Gasteiger partial charge in [0.15, 0.2) is 6.61 Å². The molecule has 0 spiro atoms. The number of aromatic amines is 1. The van der Waals surface area contributed by atoms with Gasteiger partial charge in [-0.15, -0.1) is 11.8 Å². The van der Waals surface area contributed by atoms with Crippen LogP contribution in [0.25, 0.3) is 0 Å². The van der Waals surface area contributed by atoms with Gasteiger partial charge >= 0.3 is 11.0 Å². The summed E-state index contributed by atoms with van der Waals surface area (Å²) in [6.45, 7) is 1.60. The van der Waals surface area contributed by atoms with E-state index in [9.17, 15) is 32.3 Å². The number of benzene rings is 3. The molecule has 49 heavy (non-hydrogen) atoms. The van der Waals surface area contributed by atoms with Crippen LogP contribution < -0.4 is 19.8 Å². The summed E-state index contributed by atoms with van der Waals surface area (Å²) < 4.78 is 49.0. The number of rotatable bonds is 6. The molecule has 14 heteroatoms. The number of halogens is 4. The number of anilines is 2. The third-order valence-corrected chi connectivity index (χ3v) is 13.3. The Labute approximate surface area is 294 Å². The Morgan fingerprint density at radius 1 is 1.02 bits per heavy atom. The predicted octanol–water partition coefficient (Wildman–Crippen LogP) is 7.22. The normalized spacial score (nSPS) is 26.8. The number of carbonyl (C=O) groups excluding carboxylic acids is 3. The maximum atomic E-state index is 14.1. The van der Waals surface area contributed by atoms with Gasteiger partial charge in [0.2, 0.25) is 11.8 Å². The van der Waals surface area contributed by atoms with Crippen molar-refractivity contribution in [1.82, 2.24) is 4.98 Å². The molecule has 4 aliphatic rings. The molecule has 8 rings (SSSR count). The fraction of sp³-hybridized carbons (Fsp3) is 0.314. The Morgan fingerprint density at radius 2 is 1.73 bits per heavy atom. The predicted molar refractivity (Wildman–Crippen MR) is 182 cm³/mol. The number of nitrogens with zero attached hydrogens (tertiary/aromatic N) is 1. The number of hydrogen-bond acceptors (Lipinski definition) is 7. The molecule has 252 valence electrons. The number of alkyl halides is 3. The van der Waals surface area contributed by atoms with Gasteiger partial charge < -0.3 is 15.0 Å². The molecule has 8 nitrogen and oxygen atoms in total. The second-order valence-electron chi connectivity index (χ2n) is 12.8. The molecule has 0 radical (unpaired) electrons. The number of carbonyl (C=O) groups is 3. The van der Waals surface area contributed by atoms with E-state index in [0.29, 0.717) is 28.4 Å². The highest BCUT2D eigenvalue weighted by Gasteiger charge is 2.70. The summed E-state index contributed by atoms with van der Waals surface area (Å²) in [5, 5.41) is 3.34. The first-order valence-electron chi connectivity index (χ1n) is 15.6. The van der Waals surface area contributed by atoms with Gasteiger partial charge in [-0.2, -0.15) is 13.2 Å². The first kappa shape index (κ1) is 32.3. The Hall–Kier alpha value is -3.88. The highest BCUT2D eigenvalue weighted by atomic mass is 79.9. The van der Waals surface area contributed by atoms with Gasteiger partial charge in [-0.1, -0.05) is 57.6 Å². The van der Waals surface area contributed by atoms with E-state index in [0.717, 1.165) is 37.2 Å². The maximum absolute atomic E-state index is 14.1. The van der Waals surface area contributed by atoms with E-state index in [1.807, 2.05) is 31.2 Å². The summed E-state index contributed by atoms with van der Waals surface area (Å²) in [7, 11) is 0. The summed E-state index contributed by atoms with van der Waals surface area (Å²) in [6, 6.07) is 17.5. The second kappa shape index (κ2) is 11.9. The molecular weight excluding hydrogens is 743 g/mol. The molecule has 2 N–H and O–H groups in total. The van der Waals surface area contributed by atoms with Crippen molar-refractivity contribution in [3.05, 3.63) is 102 Å². The SMILES string of the molecule is Cc1ccccc1NC(=O)COc1ccc(Br)cc1[C@@H]1c2sc(=O)[nH]c2S[C@@H]2[C@@H]3C[C@@H]([C@@H]4C(=O)N(c5ccccc5C(F)(F)F)C(=O)[C@@H]34)[C@H]12. The van der Waals surface area contributed by atoms with Crippen molar-refractivity contribution in [3.8, 4) is 5.75 Å². The Kier molecular flexibility index (Phi) is 7.83. The summed E-state index contributed by atoms with van der Waals surface area (Å²) >= 11 is 6.11. The summed E-state index contributed by atoms with van der Waals surface area (Å²) in [5.41, 5.74) is 0.804. The number of imide groups is 1. The Balaban J connectivity index is 1.15. The fourth-order valence-corrected chi connectivity index (χ4v) is 11.7. The van der Waals surface area contributed by atoms with Gasteiger partial charge in [0, 0.05) is 31.8 Å². The van der Waals surface area contributed by atoms with E-state index in [-0.39, 0.29) is 40.4 Å². The largest absolute Gasteiger partial charge is 0.483 e. The molecule has 3 heterocycles. The molecule has 3 fully saturated rings. The van der Waals surface area contributed by atoms with Crippen LogP contribution in [0.4, 0.5) is 24.5 Å². The number of thioether (sulfide) groups is 1. The van der Waals surface area contributed by atoms with Crippen LogP contribution in [-0.4, -0.2) is 34.6 Å². The molecule has 1 saturated heterocycles. The zero-order chi connectivity index (χ0) is 34.4. The van der Waals surface area contributed by atoms with Crippen molar-refractivity contribution in [2.45, 2.75) is 35.7 Å². The van der Waals surface area contributed by atoms with E-state index in [1.54, 1.807) is 18.2 Å². The number of nitrogens with one attached hydrogen (secondary N) is 2. The lowest BCUT2D eigenvalue weighted by atomic mass is 9.68. The van der Waals surface area contributed by atoms with Crippen molar-refractivity contribution < 1.29 is 32.3 Å². The molecule has 3 aromatic carbocycles. The number of aromatic nitrogens is 1. The smallest absolute Gasteiger partial charge is 0.418 e. The van der Waals surface area contributed by atoms with Gasteiger partial charge in [0.25, 0.3) is 5.91 Å². The number of aryl methyl sites for hydroxylation is 1. The summed E-state index contributed by atoms with van der Waals surface area (Å²) in [4.78, 5) is 58.0. The van der Waals surface area contributed by atoms with Gasteiger partial charge in [-0.3, -0.25) is 19.2 Å². The van der Waals surface area contributed by atoms with Gasteiger partial charge in [-0.25, -0.2) is 4.90 Å². The molecule has 0 unspecified atom stereocenters. The molecule has 2 aliphatic carbocycles. The maximum Gasteiger partial charge on any atom is 0.418 e. The zero-order valence-electron chi connectivity index (χ0n) is 25.6. The van der Waals surface area contributed by atoms with E-state index in [2.05, 4.69) is 26.2 Å². The first-order valence-corrected chi connectivity index (χ1v) is 18.1. The van der Waals surface area contributed by atoms with Crippen LogP contribution in [0.15, 0.2) is 81.0 Å². The third kappa shape index (κ3) is 5.25. The minimum Gasteiger partial charge on any atom is -0.483 e.